The van der Waals surface area contributed by atoms with E-state index < -0.39 is 22.9 Å². The van der Waals surface area contributed by atoms with E-state index in [-0.39, 0.29) is 22.0 Å². The van der Waals surface area contributed by atoms with Crippen molar-refractivity contribution < 1.29 is 27.9 Å². The van der Waals surface area contributed by atoms with Crippen molar-refractivity contribution in [2.45, 2.75) is 6.54 Å². The first-order chi connectivity index (χ1) is 15.4. The average Bonchev–Trinajstić information content (AvgIpc) is 3.35. The SMILES string of the molecule is COC(=O)c1ccc(-c2ccc(/C=C3/SC(=O)N(Cc4c(F)cccc4Cl)C3=O)o2)cc1. The fourth-order valence-electron chi connectivity index (χ4n) is 3.08. The Morgan fingerprint density at radius 2 is 1.91 bits per heavy atom. The third-order valence-electron chi connectivity index (χ3n) is 4.74. The standard InChI is InChI=1S/C23H15ClFNO5S/c1-30-22(28)14-7-5-13(6-8-14)19-10-9-15(31-19)11-20-21(27)26(23(29)32-20)12-16-17(24)3-2-4-18(16)25/h2-11H,12H2,1H3/b20-11+. The van der Waals surface area contributed by atoms with Crippen LogP contribution in [0, 0.1) is 5.82 Å². The Kier molecular flexibility index (Phi) is 6.16. The molecule has 1 fully saturated rings. The van der Waals surface area contributed by atoms with Crippen LogP contribution in [0.3, 0.4) is 0 Å². The van der Waals surface area contributed by atoms with Gasteiger partial charge in [-0.15, -0.1) is 0 Å². The Hall–Kier alpha value is -3.36. The number of imide groups is 1. The second-order valence-corrected chi connectivity index (χ2v) is 8.14. The molecule has 2 aromatic carbocycles. The monoisotopic (exact) mass is 471 g/mol. The minimum atomic E-state index is -0.588. The van der Waals surface area contributed by atoms with Crippen LogP contribution in [0.1, 0.15) is 21.7 Å². The molecule has 1 aliphatic heterocycles. The van der Waals surface area contributed by atoms with Crippen LogP contribution >= 0.6 is 23.4 Å². The number of halogens is 2. The molecule has 2 amide bonds. The molecule has 32 heavy (non-hydrogen) atoms. The molecule has 6 nitrogen and oxygen atoms in total. The van der Waals surface area contributed by atoms with Gasteiger partial charge in [0.1, 0.15) is 17.3 Å². The number of methoxy groups -OCH3 is 1. The van der Waals surface area contributed by atoms with E-state index in [4.69, 9.17) is 16.0 Å². The van der Waals surface area contributed by atoms with E-state index in [1.165, 1.54) is 31.4 Å². The van der Waals surface area contributed by atoms with Gasteiger partial charge in [0, 0.05) is 22.2 Å². The number of furan rings is 1. The second-order valence-electron chi connectivity index (χ2n) is 6.74. The van der Waals surface area contributed by atoms with Crippen molar-refractivity contribution in [3.63, 3.8) is 0 Å². The number of rotatable bonds is 5. The largest absolute Gasteiger partial charge is 0.465 e. The molecule has 0 bridgehead atoms. The molecule has 0 unspecified atom stereocenters. The molecular weight excluding hydrogens is 457 g/mol. The van der Waals surface area contributed by atoms with E-state index in [9.17, 15) is 18.8 Å². The predicted molar refractivity (Wildman–Crippen MR) is 118 cm³/mol. The summed E-state index contributed by atoms with van der Waals surface area (Å²) < 4.78 is 24.5. The zero-order valence-corrected chi connectivity index (χ0v) is 18.2. The summed E-state index contributed by atoms with van der Waals surface area (Å²) in [7, 11) is 1.31. The molecule has 0 spiro atoms. The van der Waals surface area contributed by atoms with Gasteiger partial charge >= 0.3 is 5.97 Å². The van der Waals surface area contributed by atoms with Crippen LogP contribution < -0.4 is 0 Å². The normalized spacial score (nSPS) is 15.0. The zero-order chi connectivity index (χ0) is 22.8. The smallest absolute Gasteiger partial charge is 0.337 e. The number of carbonyl (C=O) groups is 3. The van der Waals surface area contributed by atoms with Gasteiger partial charge in [0.2, 0.25) is 0 Å². The first kappa shape index (κ1) is 21.9. The molecule has 0 N–H and O–H groups in total. The zero-order valence-electron chi connectivity index (χ0n) is 16.6. The van der Waals surface area contributed by atoms with Gasteiger partial charge in [-0.05, 0) is 48.2 Å². The molecule has 2 heterocycles. The molecule has 0 radical (unpaired) electrons. The third kappa shape index (κ3) is 4.32. The topological polar surface area (TPSA) is 76.8 Å². The minimum absolute atomic E-state index is 0.0772. The fourth-order valence-corrected chi connectivity index (χ4v) is 4.12. The first-order valence-electron chi connectivity index (χ1n) is 9.34. The number of esters is 1. The quantitative estimate of drug-likeness (QED) is 0.347. The first-order valence-corrected chi connectivity index (χ1v) is 10.5. The van der Waals surface area contributed by atoms with Crippen LogP contribution in [0.15, 0.2) is 63.9 Å². The number of benzene rings is 2. The number of ether oxygens (including phenoxy) is 1. The van der Waals surface area contributed by atoms with Crippen LogP contribution in [-0.4, -0.2) is 29.1 Å². The summed E-state index contributed by atoms with van der Waals surface area (Å²) in [6.45, 7) is -0.260. The van der Waals surface area contributed by atoms with Gasteiger partial charge in [-0.3, -0.25) is 14.5 Å². The van der Waals surface area contributed by atoms with Crippen molar-refractivity contribution in [3.05, 3.63) is 87.2 Å². The number of hydrogen-bond acceptors (Lipinski definition) is 6. The van der Waals surface area contributed by atoms with Gasteiger partial charge < -0.3 is 9.15 Å². The lowest BCUT2D eigenvalue weighted by atomic mass is 10.1. The Labute approximate surface area is 191 Å². The Balaban J connectivity index is 1.52. The molecule has 162 valence electrons. The van der Waals surface area contributed by atoms with Crippen molar-refractivity contribution in [2.75, 3.05) is 7.11 Å². The van der Waals surface area contributed by atoms with Crippen LogP contribution in [0.5, 0.6) is 0 Å². The lowest BCUT2D eigenvalue weighted by Gasteiger charge is -2.14. The van der Waals surface area contributed by atoms with Crippen molar-refractivity contribution >= 4 is 46.6 Å². The molecule has 0 saturated carbocycles. The van der Waals surface area contributed by atoms with E-state index in [2.05, 4.69) is 4.74 Å². The maximum Gasteiger partial charge on any atom is 0.337 e. The molecule has 4 rings (SSSR count). The molecular formula is C23H15ClFNO5S. The molecule has 3 aromatic rings. The minimum Gasteiger partial charge on any atom is -0.465 e. The lowest BCUT2D eigenvalue weighted by molar-refractivity contribution is -0.123. The number of carbonyl (C=O) groups excluding carboxylic acids is 3. The Morgan fingerprint density at radius 3 is 2.59 bits per heavy atom. The number of hydrogen-bond donors (Lipinski definition) is 0. The van der Waals surface area contributed by atoms with Gasteiger partial charge in [0.05, 0.1) is 24.1 Å². The highest BCUT2D eigenvalue weighted by molar-refractivity contribution is 8.18. The summed E-state index contributed by atoms with van der Waals surface area (Å²) in [5, 5.41) is -0.382. The van der Waals surface area contributed by atoms with E-state index in [0.29, 0.717) is 17.1 Å². The van der Waals surface area contributed by atoms with Gasteiger partial charge in [-0.25, -0.2) is 9.18 Å². The van der Waals surface area contributed by atoms with Crippen LogP contribution in [0.25, 0.3) is 17.4 Å². The van der Waals surface area contributed by atoms with E-state index in [1.807, 2.05) is 0 Å². The summed E-state index contributed by atoms with van der Waals surface area (Å²) in [6, 6.07) is 14.2. The summed E-state index contributed by atoms with van der Waals surface area (Å²) in [5.41, 5.74) is 1.21. The van der Waals surface area contributed by atoms with Crippen LogP contribution in [0.2, 0.25) is 5.02 Å². The molecule has 1 saturated heterocycles. The molecule has 1 aliphatic rings. The maximum atomic E-state index is 14.1. The van der Waals surface area contributed by atoms with Crippen molar-refractivity contribution in [2.24, 2.45) is 0 Å². The lowest BCUT2D eigenvalue weighted by Crippen LogP contribution is -2.28. The highest BCUT2D eigenvalue weighted by atomic mass is 35.5. The van der Waals surface area contributed by atoms with Gasteiger partial charge in [-0.1, -0.05) is 29.8 Å². The maximum absolute atomic E-state index is 14.1. The van der Waals surface area contributed by atoms with Crippen molar-refractivity contribution in [1.29, 1.82) is 0 Å². The Bertz CT molecular complexity index is 1230. The van der Waals surface area contributed by atoms with Gasteiger partial charge in [0.15, 0.2) is 0 Å². The second kappa shape index (κ2) is 9.02. The number of thioether (sulfide) groups is 1. The predicted octanol–water partition coefficient (Wildman–Crippen LogP) is 5.76. The van der Waals surface area contributed by atoms with E-state index in [1.54, 1.807) is 36.4 Å². The van der Waals surface area contributed by atoms with Crippen molar-refractivity contribution in [1.82, 2.24) is 4.90 Å². The van der Waals surface area contributed by atoms with Crippen LogP contribution in [-0.2, 0) is 16.1 Å². The fraction of sp³-hybridized carbons (Fsp3) is 0.0870. The molecule has 0 aliphatic carbocycles. The summed E-state index contributed by atoms with van der Waals surface area (Å²) in [6.07, 6.45) is 1.46. The summed E-state index contributed by atoms with van der Waals surface area (Å²) in [5.74, 6) is -0.699. The van der Waals surface area contributed by atoms with Crippen LogP contribution in [0.4, 0.5) is 9.18 Å². The highest BCUT2D eigenvalue weighted by Crippen LogP contribution is 2.35. The summed E-state index contributed by atoms with van der Waals surface area (Å²) >= 11 is 6.76. The molecule has 1 aromatic heterocycles. The van der Waals surface area contributed by atoms with Crippen molar-refractivity contribution in [3.8, 4) is 11.3 Å². The average molecular weight is 472 g/mol. The van der Waals surface area contributed by atoms with E-state index in [0.717, 1.165) is 22.2 Å². The Morgan fingerprint density at radius 1 is 1.16 bits per heavy atom. The summed E-state index contributed by atoms with van der Waals surface area (Å²) in [4.78, 5) is 37.7. The highest BCUT2D eigenvalue weighted by Gasteiger charge is 2.36. The number of nitrogens with zero attached hydrogens (tertiary/aromatic N) is 1. The number of amides is 2. The van der Waals surface area contributed by atoms with Gasteiger partial charge in [0.25, 0.3) is 11.1 Å². The van der Waals surface area contributed by atoms with Gasteiger partial charge in [-0.2, -0.15) is 0 Å². The molecule has 9 heteroatoms. The van der Waals surface area contributed by atoms with E-state index >= 15 is 0 Å². The molecule has 0 atom stereocenters. The third-order valence-corrected chi connectivity index (χ3v) is 6.00.